The van der Waals surface area contributed by atoms with E-state index in [-0.39, 0.29) is 11.7 Å². The molecule has 0 spiro atoms. The Morgan fingerprint density at radius 1 is 1.00 bits per heavy atom. The molecule has 2 aromatic rings. The summed E-state index contributed by atoms with van der Waals surface area (Å²) in [5, 5.41) is 3.02. The molecule has 0 heterocycles. The van der Waals surface area contributed by atoms with Gasteiger partial charge < -0.3 is 5.32 Å². The van der Waals surface area contributed by atoms with Crippen LogP contribution in [0.15, 0.2) is 36.4 Å². The zero-order chi connectivity index (χ0) is 13.4. The van der Waals surface area contributed by atoms with Gasteiger partial charge in [0.2, 0.25) is 0 Å². The van der Waals surface area contributed by atoms with Gasteiger partial charge in [0.15, 0.2) is 5.82 Å². The number of hydrogen-bond donors (Lipinski definition) is 1. The van der Waals surface area contributed by atoms with Crippen LogP contribution in [0.4, 0.5) is 14.5 Å². The second-order valence-corrected chi connectivity index (χ2v) is 5.07. The summed E-state index contributed by atoms with van der Waals surface area (Å²) in [4.78, 5) is 0. The van der Waals surface area contributed by atoms with Crippen molar-refractivity contribution in [2.45, 2.75) is 25.8 Å². The molecule has 1 aliphatic rings. The maximum Gasteiger partial charge on any atom is 0.152 e. The standard InChI is InChI=1S/C16H15F2N/c1-10-6-7-14(17)16(15(10)18)19-13-8-11-4-2-3-5-12(11)9-13/h2-7,13,19H,8-9H2,1H3. The van der Waals surface area contributed by atoms with Crippen molar-refractivity contribution in [2.24, 2.45) is 0 Å². The maximum atomic E-state index is 13.9. The summed E-state index contributed by atoms with van der Waals surface area (Å²) in [5.41, 5.74) is 2.97. The third kappa shape index (κ3) is 2.21. The van der Waals surface area contributed by atoms with Crippen LogP contribution in [-0.4, -0.2) is 6.04 Å². The van der Waals surface area contributed by atoms with E-state index in [2.05, 4.69) is 17.4 Å². The van der Waals surface area contributed by atoms with Gasteiger partial charge in [0.25, 0.3) is 0 Å². The number of hydrogen-bond acceptors (Lipinski definition) is 1. The van der Waals surface area contributed by atoms with Gasteiger partial charge in [-0.2, -0.15) is 0 Å². The lowest BCUT2D eigenvalue weighted by Gasteiger charge is -2.16. The zero-order valence-electron chi connectivity index (χ0n) is 10.7. The third-order valence-electron chi connectivity index (χ3n) is 3.68. The van der Waals surface area contributed by atoms with Gasteiger partial charge in [-0.1, -0.05) is 30.3 Å². The van der Waals surface area contributed by atoms with Gasteiger partial charge in [-0.3, -0.25) is 0 Å². The van der Waals surface area contributed by atoms with E-state index in [1.165, 1.54) is 23.3 Å². The highest BCUT2D eigenvalue weighted by molar-refractivity contribution is 5.51. The first-order valence-electron chi connectivity index (χ1n) is 6.43. The summed E-state index contributed by atoms with van der Waals surface area (Å²) in [6.07, 6.45) is 1.62. The van der Waals surface area contributed by atoms with Gasteiger partial charge in [-0.05, 0) is 42.5 Å². The van der Waals surface area contributed by atoms with E-state index in [4.69, 9.17) is 0 Å². The first-order chi connectivity index (χ1) is 9.15. The van der Waals surface area contributed by atoms with Crippen LogP contribution in [0.3, 0.4) is 0 Å². The molecule has 0 atom stereocenters. The van der Waals surface area contributed by atoms with Crippen LogP contribution in [0, 0.1) is 18.6 Å². The largest absolute Gasteiger partial charge is 0.377 e. The van der Waals surface area contributed by atoms with Gasteiger partial charge in [0.1, 0.15) is 11.5 Å². The monoisotopic (exact) mass is 259 g/mol. The van der Waals surface area contributed by atoms with E-state index in [0.717, 1.165) is 12.8 Å². The number of fused-ring (bicyclic) bond motifs is 1. The molecule has 0 amide bonds. The normalized spacial score (nSPS) is 14.5. The van der Waals surface area contributed by atoms with Crippen molar-refractivity contribution in [3.8, 4) is 0 Å². The lowest BCUT2D eigenvalue weighted by molar-refractivity contribution is 0.576. The molecule has 3 heteroatoms. The van der Waals surface area contributed by atoms with E-state index in [1.54, 1.807) is 6.92 Å². The zero-order valence-corrected chi connectivity index (χ0v) is 10.7. The molecule has 0 unspecified atom stereocenters. The molecule has 0 saturated carbocycles. The van der Waals surface area contributed by atoms with E-state index in [1.807, 2.05) is 12.1 Å². The molecule has 0 bridgehead atoms. The first-order valence-corrected chi connectivity index (χ1v) is 6.43. The van der Waals surface area contributed by atoms with Crippen LogP contribution in [0.2, 0.25) is 0 Å². The number of anilines is 1. The minimum atomic E-state index is -0.529. The molecule has 0 saturated heterocycles. The summed E-state index contributed by atoms with van der Waals surface area (Å²) in [6.45, 7) is 1.64. The number of halogens is 2. The van der Waals surface area contributed by atoms with Crippen LogP contribution in [0.1, 0.15) is 16.7 Å². The molecule has 0 fully saturated rings. The fraction of sp³-hybridized carbons (Fsp3) is 0.250. The Labute approximate surface area is 111 Å². The SMILES string of the molecule is Cc1ccc(F)c(NC2Cc3ccccc3C2)c1F. The van der Waals surface area contributed by atoms with Crippen molar-refractivity contribution in [1.29, 1.82) is 0 Å². The van der Waals surface area contributed by atoms with Crippen LogP contribution in [0.5, 0.6) is 0 Å². The number of benzene rings is 2. The van der Waals surface area contributed by atoms with Crippen molar-refractivity contribution in [3.05, 3.63) is 64.7 Å². The fourth-order valence-corrected chi connectivity index (χ4v) is 2.65. The summed E-state index contributed by atoms with van der Waals surface area (Å²) >= 11 is 0. The predicted molar refractivity (Wildman–Crippen MR) is 72.4 cm³/mol. The highest BCUT2D eigenvalue weighted by Crippen LogP contribution is 2.28. The molecule has 1 nitrogen and oxygen atoms in total. The number of rotatable bonds is 2. The topological polar surface area (TPSA) is 12.0 Å². The van der Waals surface area contributed by atoms with Crippen molar-refractivity contribution < 1.29 is 8.78 Å². The minimum absolute atomic E-state index is 0.00203. The molecule has 0 aliphatic heterocycles. The summed E-state index contributed by atoms with van der Waals surface area (Å²) in [7, 11) is 0. The van der Waals surface area contributed by atoms with Crippen molar-refractivity contribution in [1.82, 2.24) is 0 Å². The third-order valence-corrected chi connectivity index (χ3v) is 3.68. The van der Waals surface area contributed by atoms with Crippen LogP contribution < -0.4 is 5.32 Å². The Kier molecular flexibility index (Phi) is 2.97. The van der Waals surface area contributed by atoms with Crippen LogP contribution in [0.25, 0.3) is 0 Å². The van der Waals surface area contributed by atoms with Gasteiger partial charge in [-0.25, -0.2) is 8.78 Å². The molecule has 19 heavy (non-hydrogen) atoms. The van der Waals surface area contributed by atoms with Crippen molar-refractivity contribution in [3.63, 3.8) is 0 Å². The van der Waals surface area contributed by atoms with Crippen molar-refractivity contribution >= 4 is 5.69 Å². The van der Waals surface area contributed by atoms with E-state index in [9.17, 15) is 8.78 Å². The van der Waals surface area contributed by atoms with Gasteiger partial charge in [-0.15, -0.1) is 0 Å². The Bertz CT molecular complexity index is 597. The Morgan fingerprint density at radius 2 is 1.63 bits per heavy atom. The number of nitrogens with one attached hydrogen (secondary N) is 1. The first kappa shape index (κ1) is 12.2. The van der Waals surface area contributed by atoms with E-state index in [0.29, 0.717) is 5.56 Å². The molecule has 0 radical (unpaired) electrons. The Balaban J connectivity index is 1.83. The smallest absolute Gasteiger partial charge is 0.152 e. The highest BCUT2D eigenvalue weighted by atomic mass is 19.1. The fourth-order valence-electron chi connectivity index (χ4n) is 2.65. The highest BCUT2D eigenvalue weighted by Gasteiger charge is 2.23. The lowest BCUT2D eigenvalue weighted by Crippen LogP contribution is -2.21. The van der Waals surface area contributed by atoms with Crippen LogP contribution >= 0.6 is 0 Å². The second-order valence-electron chi connectivity index (χ2n) is 5.07. The van der Waals surface area contributed by atoms with E-state index >= 15 is 0 Å². The Hall–Kier alpha value is -1.90. The predicted octanol–water partition coefficient (Wildman–Crippen LogP) is 3.85. The molecule has 98 valence electrons. The summed E-state index contributed by atoms with van der Waals surface area (Å²) in [5.74, 6) is -1.02. The van der Waals surface area contributed by atoms with Gasteiger partial charge in [0, 0.05) is 6.04 Å². The lowest BCUT2D eigenvalue weighted by atomic mass is 10.1. The molecule has 1 N–H and O–H groups in total. The molecular formula is C16H15F2N. The molecule has 0 aromatic heterocycles. The van der Waals surface area contributed by atoms with Gasteiger partial charge >= 0.3 is 0 Å². The molecular weight excluding hydrogens is 244 g/mol. The Morgan fingerprint density at radius 3 is 2.26 bits per heavy atom. The molecule has 1 aliphatic carbocycles. The minimum Gasteiger partial charge on any atom is -0.377 e. The maximum absolute atomic E-state index is 13.9. The average molecular weight is 259 g/mol. The average Bonchev–Trinajstić information content (AvgIpc) is 2.81. The summed E-state index contributed by atoms with van der Waals surface area (Å²) in [6, 6.07) is 11.0. The quantitative estimate of drug-likeness (QED) is 0.863. The van der Waals surface area contributed by atoms with Gasteiger partial charge in [0.05, 0.1) is 0 Å². The van der Waals surface area contributed by atoms with E-state index < -0.39 is 11.6 Å². The summed E-state index contributed by atoms with van der Waals surface area (Å²) < 4.78 is 27.7. The molecule has 2 aromatic carbocycles. The van der Waals surface area contributed by atoms with Crippen molar-refractivity contribution in [2.75, 3.05) is 5.32 Å². The molecule has 3 rings (SSSR count). The van der Waals surface area contributed by atoms with Crippen LogP contribution in [-0.2, 0) is 12.8 Å². The second kappa shape index (κ2) is 4.65. The number of aryl methyl sites for hydroxylation is 1.